The molecule has 0 amide bonds. The van der Waals surface area contributed by atoms with Gasteiger partial charge in [-0.25, -0.2) is 0 Å². The lowest BCUT2D eigenvalue weighted by Crippen LogP contribution is -2.28. The summed E-state index contributed by atoms with van der Waals surface area (Å²) in [7, 11) is 0. The molecule has 1 N–H and O–H groups in total. The van der Waals surface area contributed by atoms with Crippen LogP contribution in [-0.4, -0.2) is 12.1 Å². The highest BCUT2D eigenvalue weighted by molar-refractivity contribution is 5.29. The molecule has 1 heteroatoms. The maximum absolute atomic E-state index is 3.69. The van der Waals surface area contributed by atoms with Crippen molar-refractivity contribution < 1.29 is 0 Å². The van der Waals surface area contributed by atoms with Gasteiger partial charge in [0.25, 0.3) is 0 Å². The van der Waals surface area contributed by atoms with Crippen LogP contribution in [0.5, 0.6) is 0 Å². The third-order valence-electron chi connectivity index (χ3n) is 4.06. The number of benzene rings is 1. The fraction of sp³-hybridized carbons (Fsp3) is 0.625. The van der Waals surface area contributed by atoms with E-state index in [0.717, 1.165) is 0 Å². The molecule has 3 unspecified atom stereocenters. The Labute approximate surface area is 106 Å². The zero-order valence-electron chi connectivity index (χ0n) is 11.5. The van der Waals surface area contributed by atoms with Crippen molar-refractivity contribution >= 4 is 0 Å². The Morgan fingerprint density at radius 1 is 1.24 bits per heavy atom. The topological polar surface area (TPSA) is 12.0 Å². The zero-order valence-corrected chi connectivity index (χ0v) is 11.5. The van der Waals surface area contributed by atoms with E-state index in [1.165, 1.54) is 24.0 Å². The predicted octanol–water partition coefficient (Wildman–Crippen LogP) is 4.05. The van der Waals surface area contributed by atoms with Crippen molar-refractivity contribution in [1.82, 2.24) is 5.32 Å². The summed E-state index contributed by atoms with van der Waals surface area (Å²) >= 11 is 0. The van der Waals surface area contributed by atoms with Crippen molar-refractivity contribution in [2.45, 2.75) is 64.5 Å². The Morgan fingerprint density at radius 3 is 2.41 bits per heavy atom. The van der Waals surface area contributed by atoms with Gasteiger partial charge in [-0.15, -0.1) is 0 Å². The molecule has 0 saturated carbocycles. The summed E-state index contributed by atoms with van der Waals surface area (Å²) in [5, 5.41) is 3.69. The van der Waals surface area contributed by atoms with Gasteiger partial charge >= 0.3 is 0 Å². The SMILES string of the molecule is CCC1NC(C)CC1c1ccc(C(C)C)cc1. The molecule has 0 aromatic heterocycles. The third kappa shape index (κ3) is 2.71. The number of hydrogen-bond acceptors (Lipinski definition) is 1. The molecule has 3 atom stereocenters. The maximum atomic E-state index is 3.69. The van der Waals surface area contributed by atoms with Gasteiger partial charge in [0.05, 0.1) is 0 Å². The zero-order chi connectivity index (χ0) is 12.4. The quantitative estimate of drug-likeness (QED) is 0.827. The van der Waals surface area contributed by atoms with Crippen LogP contribution >= 0.6 is 0 Å². The lowest BCUT2D eigenvalue weighted by molar-refractivity contribution is 0.517. The van der Waals surface area contributed by atoms with E-state index in [9.17, 15) is 0 Å². The number of nitrogens with one attached hydrogen (secondary N) is 1. The van der Waals surface area contributed by atoms with Crippen molar-refractivity contribution in [3.63, 3.8) is 0 Å². The normalized spacial score (nSPS) is 28.9. The molecule has 0 spiro atoms. The second-order valence-electron chi connectivity index (χ2n) is 5.75. The van der Waals surface area contributed by atoms with Gasteiger partial charge in [-0.1, -0.05) is 45.0 Å². The maximum Gasteiger partial charge on any atom is 0.0136 e. The molecule has 0 aliphatic carbocycles. The minimum absolute atomic E-state index is 0.631. The molecular formula is C16H25N. The second kappa shape index (κ2) is 5.22. The van der Waals surface area contributed by atoms with E-state index in [-0.39, 0.29) is 0 Å². The summed E-state index contributed by atoms with van der Waals surface area (Å²) in [5.74, 6) is 1.34. The average Bonchev–Trinajstić information content (AvgIpc) is 2.70. The minimum Gasteiger partial charge on any atom is -0.311 e. The summed E-state index contributed by atoms with van der Waals surface area (Å²) in [4.78, 5) is 0. The number of rotatable bonds is 3. The first-order chi connectivity index (χ1) is 8.11. The molecule has 0 radical (unpaired) electrons. The summed E-state index contributed by atoms with van der Waals surface area (Å²) in [5.41, 5.74) is 2.96. The first-order valence-corrected chi connectivity index (χ1v) is 6.97. The van der Waals surface area contributed by atoms with Crippen LogP contribution in [0, 0.1) is 0 Å². The van der Waals surface area contributed by atoms with Crippen LogP contribution < -0.4 is 5.32 Å². The average molecular weight is 231 g/mol. The van der Waals surface area contributed by atoms with Crippen LogP contribution in [0.4, 0.5) is 0 Å². The summed E-state index contributed by atoms with van der Waals surface area (Å²) in [6, 6.07) is 10.6. The molecule has 1 saturated heterocycles. The van der Waals surface area contributed by atoms with Crippen LogP contribution in [0.15, 0.2) is 24.3 Å². The second-order valence-corrected chi connectivity index (χ2v) is 5.75. The van der Waals surface area contributed by atoms with Crippen molar-refractivity contribution in [1.29, 1.82) is 0 Å². The molecule has 1 aromatic rings. The molecule has 1 nitrogen and oxygen atoms in total. The molecule has 1 heterocycles. The molecule has 1 aromatic carbocycles. The highest BCUT2D eigenvalue weighted by atomic mass is 15.0. The summed E-state index contributed by atoms with van der Waals surface area (Å²) < 4.78 is 0. The van der Waals surface area contributed by atoms with E-state index in [0.29, 0.717) is 23.9 Å². The van der Waals surface area contributed by atoms with Crippen molar-refractivity contribution in [2.75, 3.05) is 0 Å². The van der Waals surface area contributed by atoms with Crippen LogP contribution in [0.1, 0.15) is 63.5 Å². The highest BCUT2D eigenvalue weighted by Crippen LogP contribution is 2.32. The van der Waals surface area contributed by atoms with Crippen LogP contribution in [-0.2, 0) is 0 Å². The van der Waals surface area contributed by atoms with E-state index >= 15 is 0 Å². The van der Waals surface area contributed by atoms with Gasteiger partial charge in [0, 0.05) is 18.0 Å². The molecule has 1 fully saturated rings. The van der Waals surface area contributed by atoms with Gasteiger partial charge in [-0.05, 0) is 36.8 Å². The summed E-state index contributed by atoms with van der Waals surface area (Å²) in [6.45, 7) is 9.09. The van der Waals surface area contributed by atoms with Gasteiger partial charge in [-0.3, -0.25) is 0 Å². The molecule has 94 valence electrons. The van der Waals surface area contributed by atoms with Crippen molar-refractivity contribution in [2.24, 2.45) is 0 Å². The van der Waals surface area contributed by atoms with E-state index < -0.39 is 0 Å². The van der Waals surface area contributed by atoms with Gasteiger partial charge in [0.15, 0.2) is 0 Å². The van der Waals surface area contributed by atoms with Crippen LogP contribution in [0.25, 0.3) is 0 Å². The lowest BCUT2D eigenvalue weighted by Gasteiger charge is -2.18. The van der Waals surface area contributed by atoms with Crippen LogP contribution in [0.3, 0.4) is 0 Å². The highest BCUT2D eigenvalue weighted by Gasteiger charge is 2.30. The van der Waals surface area contributed by atoms with Crippen molar-refractivity contribution in [3.05, 3.63) is 35.4 Å². The van der Waals surface area contributed by atoms with Crippen LogP contribution in [0.2, 0.25) is 0 Å². The molecular weight excluding hydrogens is 206 g/mol. The first-order valence-electron chi connectivity index (χ1n) is 6.97. The van der Waals surface area contributed by atoms with Gasteiger partial charge < -0.3 is 5.32 Å². The van der Waals surface area contributed by atoms with Crippen molar-refractivity contribution in [3.8, 4) is 0 Å². The van der Waals surface area contributed by atoms with Gasteiger partial charge in [-0.2, -0.15) is 0 Å². The molecule has 2 rings (SSSR count). The monoisotopic (exact) mass is 231 g/mol. The fourth-order valence-corrected chi connectivity index (χ4v) is 2.99. The number of hydrogen-bond donors (Lipinski definition) is 1. The van der Waals surface area contributed by atoms with Gasteiger partial charge in [0.2, 0.25) is 0 Å². The van der Waals surface area contributed by atoms with E-state index in [1.807, 2.05) is 0 Å². The smallest absolute Gasteiger partial charge is 0.0136 e. The first kappa shape index (κ1) is 12.6. The van der Waals surface area contributed by atoms with E-state index in [2.05, 4.69) is 57.3 Å². The Hall–Kier alpha value is -0.820. The Kier molecular flexibility index (Phi) is 3.88. The fourth-order valence-electron chi connectivity index (χ4n) is 2.99. The summed E-state index contributed by atoms with van der Waals surface area (Å²) in [6.07, 6.45) is 2.50. The minimum atomic E-state index is 0.631. The standard InChI is InChI=1S/C16H25N/c1-5-16-15(10-12(4)17-16)14-8-6-13(7-9-14)11(2)3/h6-9,11-12,15-17H,5,10H2,1-4H3. The third-order valence-corrected chi connectivity index (χ3v) is 4.06. The van der Waals surface area contributed by atoms with Gasteiger partial charge in [0.1, 0.15) is 0 Å². The molecule has 1 aliphatic rings. The van der Waals surface area contributed by atoms with E-state index in [1.54, 1.807) is 0 Å². The Balaban J connectivity index is 2.16. The predicted molar refractivity (Wildman–Crippen MR) is 74.6 cm³/mol. The Bertz CT molecular complexity index is 352. The molecule has 17 heavy (non-hydrogen) atoms. The molecule has 1 aliphatic heterocycles. The lowest BCUT2D eigenvalue weighted by atomic mass is 9.88. The largest absolute Gasteiger partial charge is 0.311 e. The molecule has 0 bridgehead atoms. The van der Waals surface area contributed by atoms with E-state index in [4.69, 9.17) is 0 Å². The Morgan fingerprint density at radius 2 is 1.88 bits per heavy atom.